The number of hydrogen-bond donors (Lipinski definition) is 0. The third-order valence-electron chi connectivity index (χ3n) is 6.50. The van der Waals surface area contributed by atoms with Crippen molar-refractivity contribution in [2.75, 3.05) is 45.9 Å². The Morgan fingerprint density at radius 3 is 2.41 bits per heavy atom. The van der Waals surface area contributed by atoms with Crippen molar-refractivity contribution in [3.8, 4) is 0 Å². The van der Waals surface area contributed by atoms with Crippen molar-refractivity contribution in [2.24, 2.45) is 5.92 Å². The number of halogens is 1. The Bertz CT molecular complexity index is 972. The molecule has 0 N–H and O–H groups in total. The maximum absolute atomic E-state index is 13.2. The molecule has 3 heterocycles. The molecule has 2 unspecified atom stereocenters. The van der Waals surface area contributed by atoms with Crippen molar-refractivity contribution < 1.29 is 22.7 Å². The number of carbonyl (C=O) groups excluding carboxylic acids is 2. The number of piperazine rings is 1. The molecule has 176 valence electrons. The molecular formula is C22H30ClN3O5S. The van der Waals surface area contributed by atoms with Crippen LogP contribution in [0.15, 0.2) is 23.1 Å². The van der Waals surface area contributed by atoms with Gasteiger partial charge in [0.2, 0.25) is 10.0 Å². The Kier molecular flexibility index (Phi) is 7.09. The first-order valence-electron chi connectivity index (χ1n) is 11.3. The first-order valence-corrected chi connectivity index (χ1v) is 13.1. The topological polar surface area (TPSA) is 87.2 Å². The van der Waals surface area contributed by atoms with Crippen LogP contribution in [-0.4, -0.2) is 86.3 Å². The van der Waals surface area contributed by atoms with E-state index in [2.05, 4.69) is 0 Å². The van der Waals surface area contributed by atoms with Crippen LogP contribution in [0.4, 0.5) is 0 Å². The van der Waals surface area contributed by atoms with Crippen LogP contribution in [0, 0.1) is 5.92 Å². The number of amides is 2. The maximum atomic E-state index is 13.2. The minimum absolute atomic E-state index is 0.00904. The molecule has 0 aliphatic carbocycles. The van der Waals surface area contributed by atoms with Gasteiger partial charge in [-0.25, -0.2) is 8.42 Å². The molecule has 10 heteroatoms. The highest BCUT2D eigenvalue weighted by molar-refractivity contribution is 7.89. The minimum Gasteiger partial charge on any atom is -0.368 e. The van der Waals surface area contributed by atoms with Gasteiger partial charge >= 0.3 is 0 Å². The zero-order valence-electron chi connectivity index (χ0n) is 18.3. The molecule has 1 aromatic carbocycles. The second-order valence-corrected chi connectivity index (χ2v) is 11.2. The van der Waals surface area contributed by atoms with Crippen molar-refractivity contribution in [3.63, 3.8) is 0 Å². The molecule has 2 atom stereocenters. The van der Waals surface area contributed by atoms with Gasteiger partial charge in [0.15, 0.2) is 0 Å². The molecule has 3 aliphatic rings. The predicted molar refractivity (Wildman–Crippen MR) is 120 cm³/mol. The second kappa shape index (κ2) is 9.67. The highest BCUT2D eigenvalue weighted by Gasteiger charge is 2.33. The summed E-state index contributed by atoms with van der Waals surface area (Å²) in [5.74, 6) is 0.0235. The molecule has 2 amide bonds. The van der Waals surface area contributed by atoms with Gasteiger partial charge in [-0.2, -0.15) is 4.31 Å². The third-order valence-corrected chi connectivity index (χ3v) is 8.85. The number of ether oxygens (including phenoxy) is 1. The fraction of sp³-hybridized carbons (Fsp3) is 0.636. The van der Waals surface area contributed by atoms with Crippen LogP contribution in [0.5, 0.6) is 0 Å². The van der Waals surface area contributed by atoms with E-state index in [0.717, 1.165) is 25.7 Å². The summed E-state index contributed by atoms with van der Waals surface area (Å²) in [5.41, 5.74) is 0.289. The van der Waals surface area contributed by atoms with E-state index in [0.29, 0.717) is 45.9 Å². The first kappa shape index (κ1) is 23.5. The van der Waals surface area contributed by atoms with E-state index in [9.17, 15) is 18.0 Å². The van der Waals surface area contributed by atoms with E-state index in [4.69, 9.17) is 16.3 Å². The van der Waals surface area contributed by atoms with Crippen LogP contribution in [0.3, 0.4) is 0 Å². The number of piperidine rings is 1. The van der Waals surface area contributed by atoms with Crippen LogP contribution in [0.1, 0.15) is 43.0 Å². The summed E-state index contributed by atoms with van der Waals surface area (Å²) in [7, 11) is -3.78. The molecule has 4 rings (SSSR count). The quantitative estimate of drug-likeness (QED) is 0.655. The van der Waals surface area contributed by atoms with E-state index in [1.807, 2.05) is 6.92 Å². The van der Waals surface area contributed by atoms with Crippen LogP contribution >= 0.6 is 11.6 Å². The van der Waals surface area contributed by atoms with Crippen molar-refractivity contribution in [1.82, 2.24) is 14.1 Å². The Morgan fingerprint density at radius 1 is 1.03 bits per heavy atom. The highest BCUT2D eigenvalue weighted by atomic mass is 35.5. The molecule has 0 aromatic heterocycles. The molecule has 0 saturated carbocycles. The largest absolute Gasteiger partial charge is 0.368 e. The molecule has 3 saturated heterocycles. The molecule has 32 heavy (non-hydrogen) atoms. The molecule has 3 fully saturated rings. The number of sulfonamides is 1. The molecular weight excluding hydrogens is 454 g/mol. The summed E-state index contributed by atoms with van der Waals surface area (Å²) in [6.45, 7) is 5.24. The smallest absolute Gasteiger partial charge is 0.254 e. The van der Waals surface area contributed by atoms with Crippen LogP contribution in [0.2, 0.25) is 5.02 Å². The Hall–Kier alpha value is -1.68. The van der Waals surface area contributed by atoms with E-state index >= 15 is 0 Å². The lowest BCUT2D eigenvalue weighted by molar-refractivity contribution is -0.142. The zero-order chi connectivity index (χ0) is 22.9. The minimum atomic E-state index is -3.78. The molecule has 8 nitrogen and oxygen atoms in total. The van der Waals surface area contributed by atoms with Gasteiger partial charge in [-0.15, -0.1) is 0 Å². The summed E-state index contributed by atoms with van der Waals surface area (Å²) in [5, 5.41) is 0.117. The summed E-state index contributed by atoms with van der Waals surface area (Å²) in [6, 6.07) is 4.43. The second-order valence-electron chi connectivity index (χ2n) is 8.87. The zero-order valence-corrected chi connectivity index (χ0v) is 19.9. The SMILES string of the molecule is CC1CCCN(S(=O)(=O)c2cc(C(=O)N3CCN(C(=O)C4CCCO4)CC3)ccc2Cl)C1. The van der Waals surface area contributed by atoms with Crippen LogP contribution in [0.25, 0.3) is 0 Å². The van der Waals surface area contributed by atoms with E-state index in [-0.39, 0.29) is 39.3 Å². The van der Waals surface area contributed by atoms with Gasteiger partial charge < -0.3 is 14.5 Å². The van der Waals surface area contributed by atoms with Crippen LogP contribution < -0.4 is 0 Å². The fourth-order valence-corrected chi connectivity index (χ4v) is 6.73. The molecule has 0 spiro atoms. The van der Waals surface area contributed by atoms with Gasteiger partial charge in [0.1, 0.15) is 11.0 Å². The average molecular weight is 484 g/mol. The lowest BCUT2D eigenvalue weighted by atomic mass is 10.0. The van der Waals surface area contributed by atoms with Crippen LogP contribution in [-0.2, 0) is 19.6 Å². The third kappa shape index (κ3) is 4.81. The Balaban J connectivity index is 1.45. The lowest BCUT2D eigenvalue weighted by Crippen LogP contribution is -2.52. The Labute approximate surface area is 194 Å². The molecule has 3 aliphatic heterocycles. The summed E-state index contributed by atoms with van der Waals surface area (Å²) < 4.78 is 33.4. The maximum Gasteiger partial charge on any atom is 0.254 e. The molecule has 0 radical (unpaired) electrons. The van der Waals surface area contributed by atoms with Gasteiger partial charge in [0.05, 0.1) is 5.02 Å². The normalized spacial score (nSPS) is 25.2. The van der Waals surface area contributed by atoms with Crippen molar-refractivity contribution in [2.45, 2.75) is 43.6 Å². The van der Waals surface area contributed by atoms with E-state index in [1.165, 1.54) is 16.4 Å². The summed E-state index contributed by atoms with van der Waals surface area (Å²) in [4.78, 5) is 29.0. The number of rotatable bonds is 4. The van der Waals surface area contributed by atoms with E-state index < -0.39 is 10.0 Å². The average Bonchev–Trinajstić information content (AvgIpc) is 3.33. The number of benzene rings is 1. The summed E-state index contributed by atoms with van der Waals surface area (Å²) >= 11 is 6.26. The van der Waals surface area contributed by atoms with Gasteiger partial charge in [0, 0.05) is 51.4 Å². The number of carbonyl (C=O) groups is 2. The molecule has 1 aromatic rings. The fourth-order valence-electron chi connectivity index (χ4n) is 4.63. The number of hydrogen-bond acceptors (Lipinski definition) is 5. The Morgan fingerprint density at radius 2 is 1.75 bits per heavy atom. The van der Waals surface area contributed by atoms with Gasteiger partial charge in [0.25, 0.3) is 11.8 Å². The number of nitrogens with zero attached hydrogens (tertiary/aromatic N) is 3. The van der Waals surface area contributed by atoms with Gasteiger partial charge in [-0.1, -0.05) is 18.5 Å². The van der Waals surface area contributed by atoms with Crippen molar-refractivity contribution >= 4 is 33.4 Å². The van der Waals surface area contributed by atoms with Crippen molar-refractivity contribution in [1.29, 1.82) is 0 Å². The first-order chi connectivity index (χ1) is 15.3. The highest BCUT2D eigenvalue weighted by Crippen LogP contribution is 2.29. The monoisotopic (exact) mass is 483 g/mol. The van der Waals surface area contributed by atoms with Gasteiger partial charge in [-0.3, -0.25) is 9.59 Å². The van der Waals surface area contributed by atoms with Gasteiger partial charge in [-0.05, 0) is 49.8 Å². The summed E-state index contributed by atoms with van der Waals surface area (Å²) in [6.07, 6.45) is 3.09. The van der Waals surface area contributed by atoms with Crippen molar-refractivity contribution in [3.05, 3.63) is 28.8 Å². The standard InChI is InChI=1S/C22H30ClN3O5S/c1-16-4-2-8-26(15-16)32(29,30)20-14-17(6-7-18(20)23)21(27)24-9-11-25(12-10-24)22(28)19-5-3-13-31-19/h6-7,14,16,19H,2-5,8-13,15H2,1H3. The predicted octanol–water partition coefficient (Wildman–Crippen LogP) is 2.22. The molecule has 0 bridgehead atoms. The lowest BCUT2D eigenvalue weighted by Gasteiger charge is -2.36. The van der Waals surface area contributed by atoms with E-state index in [1.54, 1.807) is 15.9 Å².